The van der Waals surface area contributed by atoms with Gasteiger partial charge in [-0.05, 0) is 38.1 Å². The van der Waals surface area contributed by atoms with Gasteiger partial charge in [0.05, 0.1) is 11.2 Å². The van der Waals surface area contributed by atoms with Crippen LogP contribution < -0.4 is 10.1 Å². The lowest BCUT2D eigenvalue weighted by Gasteiger charge is -2.14. The molecule has 2 aromatic carbocycles. The largest absolute Gasteiger partial charge is 0.492 e. The smallest absolute Gasteiger partial charge is 0.119 e. The van der Waals surface area contributed by atoms with Gasteiger partial charge >= 0.3 is 0 Å². The van der Waals surface area contributed by atoms with Crippen molar-refractivity contribution in [3.05, 3.63) is 59.8 Å². The van der Waals surface area contributed by atoms with Gasteiger partial charge in [0.25, 0.3) is 0 Å². The molecular formula is C19H23N3O. The van der Waals surface area contributed by atoms with Gasteiger partial charge in [-0.1, -0.05) is 29.8 Å². The number of aryl methyl sites for hydroxylation is 2. The lowest BCUT2D eigenvalue weighted by Crippen LogP contribution is -2.31. The van der Waals surface area contributed by atoms with E-state index < -0.39 is 0 Å². The number of hydrogen-bond donors (Lipinski definition) is 1. The number of nitrogens with one attached hydrogen (secondary N) is 1. The second-order valence-electron chi connectivity index (χ2n) is 6.00. The third-order valence-electron chi connectivity index (χ3n) is 3.94. The number of benzene rings is 2. The first-order valence-corrected chi connectivity index (χ1v) is 7.97. The molecule has 1 atom stereocenters. The van der Waals surface area contributed by atoms with Crippen LogP contribution in [0, 0.1) is 6.92 Å². The van der Waals surface area contributed by atoms with E-state index in [0.29, 0.717) is 6.61 Å². The third-order valence-corrected chi connectivity index (χ3v) is 3.94. The zero-order valence-electron chi connectivity index (χ0n) is 13.9. The summed E-state index contributed by atoms with van der Waals surface area (Å²) in [5.74, 6) is 0.903. The summed E-state index contributed by atoms with van der Waals surface area (Å²) in [5.41, 5.74) is 3.51. The van der Waals surface area contributed by atoms with Crippen LogP contribution in [0.2, 0.25) is 0 Å². The highest BCUT2D eigenvalue weighted by molar-refractivity contribution is 5.82. The van der Waals surface area contributed by atoms with Crippen molar-refractivity contribution in [3.63, 3.8) is 0 Å². The van der Waals surface area contributed by atoms with Crippen molar-refractivity contribution in [2.45, 2.75) is 26.4 Å². The highest BCUT2D eigenvalue weighted by atomic mass is 16.5. The fourth-order valence-electron chi connectivity index (χ4n) is 2.65. The van der Waals surface area contributed by atoms with Crippen LogP contribution in [0.5, 0.6) is 5.75 Å². The van der Waals surface area contributed by atoms with E-state index in [0.717, 1.165) is 18.0 Å². The first-order chi connectivity index (χ1) is 11.1. The van der Waals surface area contributed by atoms with E-state index in [9.17, 15) is 0 Å². The normalized spacial score (nSPS) is 12.5. The quantitative estimate of drug-likeness (QED) is 0.758. The number of ether oxygens (including phenoxy) is 1. The molecule has 0 saturated heterocycles. The topological polar surface area (TPSA) is 39.1 Å². The molecule has 0 saturated carbocycles. The maximum absolute atomic E-state index is 5.78. The molecular weight excluding hydrogens is 286 g/mol. The minimum atomic E-state index is 0.247. The molecule has 0 aliphatic rings. The lowest BCUT2D eigenvalue weighted by atomic mass is 10.1. The standard InChI is InChI=1S/C19H23N3O/c1-14-9-10-19-17(11-14)18(21-22(19)3)12-20-15(2)13-23-16-7-5-4-6-8-16/h4-11,15,20H,12-13H2,1-3H3/t15-/m0/s1. The fraction of sp³-hybridized carbons (Fsp3) is 0.316. The van der Waals surface area contributed by atoms with Gasteiger partial charge in [-0.3, -0.25) is 4.68 Å². The lowest BCUT2D eigenvalue weighted by molar-refractivity contribution is 0.272. The molecule has 0 bridgehead atoms. The van der Waals surface area contributed by atoms with Crippen LogP contribution in [0.15, 0.2) is 48.5 Å². The van der Waals surface area contributed by atoms with Crippen LogP contribution in [0.4, 0.5) is 0 Å². The van der Waals surface area contributed by atoms with E-state index in [1.54, 1.807) is 0 Å². The SMILES string of the molecule is Cc1ccc2c(c1)c(CN[C@@H](C)COc1ccccc1)nn2C. The van der Waals surface area contributed by atoms with Gasteiger partial charge in [0.1, 0.15) is 12.4 Å². The molecule has 3 aromatic rings. The number of nitrogens with zero attached hydrogens (tertiary/aromatic N) is 2. The molecule has 0 unspecified atom stereocenters. The summed E-state index contributed by atoms with van der Waals surface area (Å²) in [4.78, 5) is 0. The number of hydrogen-bond acceptors (Lipinski definition) is 3. The van der Waals surface area contributed by atoms with Crippen LogP contribution in [0.1, 0.15) is 18.2 Å². The van der Waals surface area contributed by atoms with Crippen molar-refractivity contribution in [1.82, 2.24) is 15.1 Å². The summed E-state index contributed by atoms with van der Waals surface area (Å²) in [6.45, 7) is 5.60. The summed E-state index contributed by atoms with van der Waals surface area (Å²) in [6, 6.07) is 16.6. The molecule has 0 amide bonds. The Morgan fingerprint density at radius 2 is 1.96 bits per heavy atom. The third kappa shape index (κ3) is 3.71. The van der Waals surface area contributed by atoms with Gasteiger partial charge in [-0.15, -0.1) is 0 Å². The molecule has 0 fully saturated rings. The molecule has 3 rings (SSSR count). The van der Waals surface area contributed by atoms with E-state index in [1.807, 2.05) is 42.1 Å². The van der Waals surface area contributed by atoms with Crippen molar-refractivity contribution >= 4 is 10.9 Å². The van der Waals surface area contributed by atoms with E-state index in [2.05, 4.69) is 42.5 Å². The Kier molecular flexibility index (Phi) is 4.63. The average molecular weight is 309 g/mol. The Bertz CT molecular complexity index is 780. The van der Waals surface area contributed by atoms with Gasteiger partial charge in [0.15, 0.2) is 0 Å². The molecule has 1 aromatic heterocycles. The van der Waals surface area contributed by atoms with Crippen molar-refractivity contribution in [2.75, 3.05) is 6.61 Å². The molecule has 1 heterocycles. The van der Waals surface area contributed by atoms with E-state index >= 15 is 0 Å². The first-order valence-electron chi connectivity index (χ1n) is 7.97. The Morgan fingerprint density at radius 1 is 1.17 bits per heavy atom. The van der Waals surface area contributed by atoms with E-state index in [4.69, 9.17) is 4.74 Å². The minimum Gasteiger partial charge on any atom is -0.492 e. The Morgan fingerprint density at radius 3 is 2.74 bits per heavy atom. The van der Waals surface area contributed by atoms with Crippen molar-refractivity contribution in [2.24, 2.45) is 7.05 Å². The van der Waals surface area contributed by atoms with E-state index in [-0.39, 0.29) is 6.04 Å². The Labute approximate surface area is 137 Å². The summed E-state index contributed by atoms with van der Waals surface area (Å²) in [7, 11) is 1.99. The second kappa shape index (κ2) is 6.84. The monoisotopic (exact) mass is 309 g/mol. The number of para-hydroxylation sites is 1. The molecule has 120 valence electrons. The van der Waals surface area contributed by atoms with Gasteiger partial charge in [0.2, 0.25) is 0 Å². The first kappa shape index (κ1) is 15.6. The van der Waals surface area contributed by atoms with Gasteiger partial charge < -0.3 is 10.1 Å². The van der Waals surface area contributed by atoms with Crippen LogP contribution in [-0.4, -0.2) is 22.4 Å². The zero-order valence-corrected chi connectivity index (χ0v) is 13.9. The fourth-order valence-corrected chi connectivity index (χ4v) is 2.65. The molecule has 1 N–H and O–H groups in total. The molecule has 23 heavy (non-hydrogen) atoms. The molecule has 0 aliphatic carbocycles. The number of fused-ring (bicyclic) bond motifs is 1. The molecule has 4 nitrogen and oxygen atoms in total. The highest BCUT2D eigenvalue weighted by Gasteiger charge is 2.10. The van der Waals surface area contributed by atoms with Gasteiger partial charge in [0, 0.05) is 25.0 Å². The van der Waals surface area contributed by atoms with Gasteiger partial charge in [-0.2, -0.15) is 5.10 Å². The van der Waals surface area contributed by atoms with Crippen molar-refractivity contribution < 1.29 is 4.74 Å². The second-order valence-corrected chi connectivity index (χ2v) is 6.00. The van der Waals surface area contributed by atoms with Gasteiger partial charge in [-0.25, -0.2) is 0 Å². The molecule has 0 aliphatic heterocycles. The van der Waals surface area contributed by atoms with Crippen molar-refractivity contribution in [3.8, 4) is 5.75 Å². The van der Waals surface area contributed by atoms with Crippen LogP contribution in [0.3, 0.4) is 0 Å². The molecule has 0 radical (unpaired) electrons. The summed E-state index contributed by atoms with van der Waals surface area (Å²) in [6.07, 6.45) is 0. The number of aromatic nitrogens is 2. The van der Waals surface area contributed by atoms with E-state index in [1.165, 1.54) is 16.5 Å². The highest BCUT2D eigenvalue weighted by Crippen LogP contribution is 2.19. The summed E-state index contributed by atoms with van der Waals surface area (Å²) >= 11 is 0. The Balaban J connectivity index is 1.61. The van der Waals surface area contributed by atoms with Crippen molar-refractivity contribution in [1.29, 1.82) is 0 Å². The minimum absolute atomic E-state index is 0.247. The maximum Gasteiger partial charge on any atom is 0.119 e. The summed E-state index contributed by atoms with van der Waals surface area (Å²) < 4.78 is 7.72. The van der Waals surface area contributed by atoms with Crippen LogP contribution in [0.25, 0.3) is 10.9 Å². The van der Waals surface area contributed by atoms with Crippen LogP contribution in [-0.2, 0) is 13.6 Å². The Hall–Kier alpha value is -2.33. The molecule has 4 heteroatoms. The zero-order chi connectivity index (χ0) is 16.2. The molecule has 0 spiro atoms. The predicted octanol–water partition coefficient (Wildman–Crippen LogP) is 3.44. The average Bonchev–Trinajstić information content (AvgIpc) is 2.87. The van der Waals surface area contributed by atoms with Crippen LogP contribution >= 0.6 is 0 Å². The maximum atomic E-state index is 5.78. The number of rotatable bonds is 6. The summed E-state index contributed by atoms with van der Waals surface area (Å²) in [5, 5.41) is 9.35. The predicted molar refractivity (Wildman–Crippen MR) is 93.7 cm³/mol.